The van der Waals surface area contributed by atoms with Crippen LogP contribution >= 0.6 is 11.6 Å². The maximum Gasteiger partial charge on any atom is 0.259 e. The van der Waals surface area contributed by atoms with Crippen molar-refractivity contribution in [2.75, 3.05) is 6.54 Å². The number of amides is 2. The van der Waals surface area contributed by atoms with Crippen LogP contribution in [0, 0.1) is 0 Å². The highest BCUT2D eigenvalue weighted by atomic mass is 35.5. The zero-order chi connectivity index (χ0) is 16.4. The molecular formula is C18H15ClN2O2. The fraction of sp³-hybridized carbons (Fsp3) is 0.111. The van der Waals surface area contributed by atoms with E-state index in [9.17, 15) is 9.59 Å². The van der Waals surface area contributed by atoms with Crippen molar-refractivity contribution in [2.45, 2.75) is 6.54 Å². The van der Waals surface area contributed by atoms with E-state index in [0.717, 1.165) is 11.1 Å². The first-order valence-corrected chi connectivity index (χ1v) is 7.55. The number of halogens is 1. The summed E-state index contributed by atoms with van der Waals surface area (Å²) in [6.07, 6.45) is 0. The number of nitrogens with one attached hydrogen (secondary N) is 1. The van der Waals surface area contributed by atoms with Gasteiger partial charge in [0.05, 0.1) is 0 Å². The Hall–Kier alpha value is -2.59. The van der Waals surface area contributed by atoms with Gasteiger partial charge in [-0.15, -0.1) is 0 Å². The highest BCUT2D eigenvalue weighted by Gasteiger charge is 2.31. The van der Waals surface area contributed by atoms with Crippen LogP contribution in [0.3, 0.4) is 0 Å². The molecule has 1 aliphatic heterocycles. The van der Waals surface area contributed by atoms with Crippen LogP contribution in [-0.2, 0) is 11.3 Å². The van der Waals surface area contributed by atoms with E-state index < -0.39 is 0 Å². The third-order valence-corrected chi connectivity index (χ3v) is 4.00. The SMILES string of the molecule is C=C1c2ccccc2C(=O)N1CC(=O)NCc1ccc(Cl)cc1. The maximum absolute atomic E-state index is 12.3. The molecule has 4 nitrogen and oxygen atoms in total. The molecule has 0 aliphatic carbocycles. The van der Waals surface area contributed by atoms with E-state index in [2.05, 4.69) is 11.9 Å². The Morgan fingerprint density at radius 2 is 1.74 bits per heavy atom. The molecule has 2 aromatic rings. The topological polar surface area (TPSA) is 49.4 Å². The number of rotatable bonds is 4. The zero-order valence-electron chi connectivity index (χ0n) is 12.4. The van der Waals surface area contributed by atoms with Crippen LogP contribution in [0.4, 0.5) is 0 Å². The monoisotopic (exact) mass is 326 g/mol. The highest BCUT2D eigenvalue weighted by Crippen LogP contribution is 2.30. The van der Waals surface area contributed by atoms with Gasteiger partial charge in [0.1, 0.15) is 6.54 Å². The van der Waals surface area contributed by atoms with Gasteiger partial charge >= 0.3 is 0 Å². The molecule has 0 bridgehead atoms. The normalized spacial score (nSPS) is 13.2. The average molecular weight is 327 g/mol. The number of hydrogen-bond acceptors (Lipinski definition) is 2. The predicted octanol–water partition coefficient (Wildman–Crippen LogP) is 3.08. The molecule has 23 heavy (non-hydrogen) atoms. The Kier molecular flexibility index (Phi) is 4.17. The predicted molar refractivity (Wildman–Crippen MR) is 89.8 cm³/mol. The summed E-state index contributed by atoms with van der Waals surface area (Å²) >= 11 is 5.82. The molecule has 0 atom stereocenters. The Morgan fingerprint density at radius 1 is 1.09 bits per heavy atom. The summed E-state index contributed by atoms with van der Waals surface area (Å²) in [6, 6.07) is 14.5. The fourth-order valence-corrected chi connectivity index (χ4v) is 2.63. The van der Waals surface area contributed by atoms with E-state index >= 15 is 0 Å². The van der Waals surface area contributed by atoms with E-state index in [1.165, 1.54) is 4.90 Å². The van der Waals surface area contributed by atoms with Gasteiger partial charge in [0.25, 0.3) is 5.91 Å². The molecular weight excluding hydrogens is 312 g/mol. The Balaban J connectivity index is 1.62. The van der Waals surface area contributed by atoms with Crippen molar-refractivity contribution in [2.24, 2.45) is 0 Å². The fourth-order valence-electron chi connectivity index (χ4n) is 2.50. The minimum atomic E-state index is -0.234. The molecule has 116 valence electrons. The summed E-state index contributed by atoms with van der Waals surface area (Å²) in [5.41, 5.74) is 2.87. The molecule has 0 spiro atoms. The van der Waals surface area contributed by atoms with Gasteiger partial charge in [0, 0.05) is 28.4 Å². The second kappa shape index (κ2) is 6.26. The van der Waals surface area contributed by atoms with Crippen LogP contribution in [0.2, 0.25) is 5.02 Å². The molecule has 1 heterocycles. The van der Waals surface area contributed by atoms with Gasteiger partial charge in [-0.25, -0.2) is 0 Å². The average Bonchev–Trinajstić information content (AvgIpc) is 2.80. The molecule has 0 saturated heterocycles. The van der Waals surface area contributed by atoms with Gasteiger partial charge in [-0.2, -0.15) is 0 Å². The van der Waals surface area contributed by atoms with Crippen LogP contribution < -0.4 is 5.32 Å². The number of fused-ring (bicyclic) bond motifs is 1. The lowest BCUT2D eigenvalue weighted by Crippen LogP contribution is -2.36. The number of carbonyl (C=O) groups excluding carboxylic acids is 2. The molecule has 0 saturated carbocycles. The Bertz CT molecular complexity index is 749. The summed E-state index contributed by atoms with van der Waals surface area (Å²) in [7, 11) is 0. The minimum Gasteiger partial charge on any atom is -0.350 e. The van der Waals surface area contributed by atoms with E-state index in [1.807, 2.05) is 24.3 Å². The summed E-state index contributed by atoms with van der Waals surface area (Å²) in [5, 5.41) is 3.45. The number of nitrogens with zero attached hydrogens (tertiary/aromatic N) is 1. The van der Waals surface area contributed by atoms with Gasteiger partial charge < -0.3 is 5.32 Å². The van der Waals surface area contributed by atoms with Gasteiger partial charge in [-0.1, -0.05) is 48.5 Å². The van der Waals surface area contributed by atoms with Crippen molar-refractivity contribution in [3.63, 3.8) is 0 Å². The minimum absolute atomic E-state index is 0.0417. The van der Waals surface area contributed by atoms with E-state index in [-0.39, 0.29) is 18.4 Å². The zero-order valence-corrected chi connectivity index (χ0v) is 13.1. The van der Waals surface area contributed by atoms with Gasteiger partial charge in [-0.05, 0) is 23.8 Å². The molecule has 0 aromatic heterocycles. The Morgan fingerprint density at radius 3 is 2.39 bits per heavy atom. The van der Waals surface area contributed by atoms with Gasteiger partial charge in [0.2, 0.25) is 5.91 Å². The van der Waals surface area contributed by atoms with Crippen molar-refractivity contribution in [3.8, 4) is 0 Å². The molecule has 5 heteroatoms. The lowest BCUT2D eigenvalue weighted by Gasteiger charge is -2.17. The standard InChI is InChI=1S/C18H15ClN2O2/c1-12-15-4-2-3-5-16(15)18(23)21(12)11-17(22)20-10-13-6-8-14(19)9-7-13/h2-9H,1,10-11H2,(H,20,22). The summed E-state index contributed by atoms with van der Waals surface area (Å²) < 4.78 is 0. The second-order valence-corrected chi connectivity index (χ2v) is 5.72. The Labute approximate surface area is 139 Å². The molecule has 2 aromatic carbocycles. The number of carbonyl (C=O) groups is 2. The number of benzene rings is 2. The van der Waals surface area contributed by atoms with Crippen LogP contribution in [0.1, 0.15) is 21.5 Å². The van der Waals surface area contributed by atoms with E-state index in [1.54, 1.807) is 24.3 Å². The first-order valence-electron chi connectivity index (χ1n) is 7.17. The first kappa shape index (κ1) is 15.3. The van der Waals surface area contributed by atoms with Crippen molar-refractivity contribution in [1.29, 1.82) is 0 Å². The molecule has 1 aliphatic rings. The van der Waals surface area contributed by atoms with Crippen molar-refractivity contribution in [1.82, 2.24) is 10.2 Å². The van der Waals surface area contributed by atoms with E-state index in [4.69, 9.17) is 11.6 Å². The molecule has 2 amide bonds. The summed E-state index contributed by atoms with van der Waals surface area (Å²) in [4.78, 5) is 25.8. The van der Waals surface area contributed by atoms with Crippen LogP contribution in [0.15, 0.2) is 55.1 Å². The van der Waals surface area contributed by atoms with E-state index in [0.29, 0.717) is 22.8 Å². The quantitative estimate of drug-likeness (QED) is 0.938. The first-order chi connectivity index (χ1) is 11.1. The highest BCUT2D eigenvalue weighted by molar-refractivity contribution is 6.30. The summed E-state index contributed by atoms with van der Waals surface area (Å²) in [5.74, 6) is -0.422. The van der Waals surface area contributed by atoms with Crippen molar-refractivity contribution >= 4 is 29.1 Å². The van der Waals surface area contributed by atoms with Crippen molar-refractivity contribution < 1.29 is 9.59 Å². The van der Waals surface area contributed by atoms with Crippen LogP contribution in [-0.4, -0.2) is 23.3 Å². The number of hydrogen-bond donors (Lipinski definition) is 1. The molecule has 0 fully saturated rings. The second-order valence-electron chi connectivity index (χ2n) is 5.29. The van der Waals surface area contributed by atoms with Crippen LogP contribution in [0.25, 0.3) is 5.70 Å². The molecule has 0 radical (unpaired) electrons. The molecule has 3 rings (SSSR count). The maximum atomic E-state index is 12.3. The largest absolute Gasteiger partial charge is 0.350 e. The summed E-state index contributed by atoms with van der Waals surface area (Å²) in [6.45, 7) is 4.26. The van der Waals surface area contributed by atoms with Crippen molar-refractivity contribution in [3.05, 3.63) is 76.8 Å². The van der Waals surface area contributed by atoms with Crippen LogP contribution in [0.5, 0.6) is 0 Å². The molecule has 0 unspecified atom stereocenters. The lowest BCUT2D eigenvalue weighted by molar-refractivity contribution is -0.121. The third kappa shape index (κ3) is 3.12. The van der Waals surface area contributed by atoms with Gasteiger partial charge in [0.15, 0.2) is 0 Å². The lowest BCUT2D eigenvalue weighted by atomic mass is 10.1. The molecule has 1 N–H and O–H groups in total. The smallest absolute Gasteiger partial charge is 0.259 e. The van der Waals surface area contributed by atoms with Gasteiger partial charge in [-0.3, -0.25) is 14.5 Å². The third-order valence-electron chi connectivity index (χ3n) is 3.74.